The number of aromatic nitrogens is 1. The molecular weight excluding hydrogens is 488 g/mol. The first-order valence-electron chi connectivity index (χ1n) is 13.0. The number of carbonyl (C=O) groups excluding carboxylic acids is 1. The van der Waals surface area contributed by atoms with Crippen LogP contribution in [0, 0.1) is 0 Å². The van der Waals surface area contributed by atoms with Crippen molar-refractivity contribution in [3.8, 4) is 5.75 Å². The number of likely N-dealkylation sites (tertiary alicyclic amines) is 1. The zero-order chi connectivity index (χ0) is 26.0. The maximum Gasteiger partial charge on any atom is 0.251 e. The number of hydrogen-bond acceptors (Lipinski definition) is 7. The Morgan fingerprint density at radius 1 is 1.00 bits per heavy atom. The number of carbonyl (C=O) groups is 1. The number of benzene rings is 2. The van der Waals surface area contributed by atoms with E-state index in [0.29, 0.717) is 33.9 Å². The quantitative estimate of drug-likeness (QED) is 0.525. The monoisotopic (exact) mass is 522 g/mol. The van der Waals surface area contributed by atoms with Crippen LogP contribution in [0.4, 0.5) is 5.69 Å². The molecule has 2 saturated heterocycles. The van der Waals surface area contributed by atoms with E-state index in [1.165, 1.54) is 25.5 Å². The van der Waals surface area contributed by atoms with Gasteiger partial charge in [-0.3, -0.25) is 9.78 Å². The number of fused-ring (bicyclic) bond motifs is 1. The number of amides is 1. The van der Waals surface area contributed by atoms with Crippen molar-refractivity contribution in [2.24, 2.45) is 0 Å². The number of nitrogens with one attached hydrogen (secondary N) is 1. The molecule has 0 atom stereocenters. The van der Waals surface area contributed by atoms with Crippen molar-refractivity contribution >= 4 is 32.3 Å². The maximum atomic E-state index is 13.9. The van der Waals surface area contributed by atoms with E-state index in [9.17, 15) is 13.2 Å². The van der Waals surface area contributed by atoms with Crippen LogP contribution in [0.15, 0.2) is 58.5 Å². The molecule has 0 saturated carbocycles. The third kappa shape index (κ3) is 5.02. The standard InChI is InChI=1S/C28H34N4O4S/c1-29-28(33)20-6-11-25-24(18-20)27(32-16-12-21(13-17-32)31-14-4-3-5-15-31)26(19-30-25)37(34,35)23-9-7-22(36-2)8-10-23/h6-11,18-19,21H,3-5,12-17H2,1-2H3,(H,29,33). The van der Waals surface area contributed by atoms with E-state index in [0.717, 1.165) is 39.0 Å². The molecule has 0 unspecified atom stereocenters. The van der Waals surface area contributed by atoms with Crippen molar-refractivity contribution in [1.82, 2.24) is 15.2 Å². The molecule has 2 aliphatic rings. The lowest BCUT2D eigenvalue weighted by atomic mass is 9.99. The van der Waals surface area contributed by atoms with Crippen LogP contribution in [-0.2, 0) is 9.84 Å². The van der Waals surface area contributed by atoms with Crippen LogP contribution in [-0.4, -0.2) is 70.6 Å². The van der Waals surface area contributed by atoms with Crippen molar-refractivity contribution in [3.05, 3.63) is 54.2 Å². The van der Waals surface area contributed by atoms with Gasteiger partial charge in [-0.25, -0.2) is 8.42 Å². The molecule has 2 aliphatic heterocycles. The van der Waals surface area contributed by atoms with Gasteiger partial charge in [0.15, 0.2) is 0 Å². The van der Waals surface area contributed by atoms with Gasteiger partial charge in [0.2, 0.25) is 9.84 Å². The molecule has 2 fully saturated rings. The van der Waals surface area contributed by atoms with Crippen molar-refractivity contribution in [1.29, 1.82) is 0 Å². The third-order valence-corrected chi connectivity index (χ3v) is 9.41. The normalized spacial score (nSPS) is 17.6. The Balaban J connectivity index is 1.58. The molecule has 5 rings (SSSR count). The van der Waals surface area contributed by atoms with E-state index in [4.69, 9.17) is 4.74 Å². The van der Waals surface area contributed by atoms with Crippen LogP contribution in [0.1, 0.15) is 42.5 Å². The molecule has 1 aromatic heterocycles. The summed E-state index contributed by atoms with van der Waals surface area (Å²) in [5.74, 6) is 0.367. The summed E-state index contributed by atoms with van der Waals surface area (Å²) in [6, 6.07) is 12.2. The van der Waals surface area contributed by atoms with Crippen molar-refractivity contribution in [3.63, 3.8) is 0 Å². The molecule has 0 bridgehead atoms. The fraction of sp³-hybridized carbons (Fsp3) is 0.429. The second-order valence-electron chi connectivity index (χ2n) is 9.78. The summed E-state index contributed by atoms with van der Waals surface area (Å²) in [4.78, 5) is 22.1. The zero-order valence-electron chi connectivity index (χ0n) is 21.4. The van der Waals surface area contributed by atoms with Gasteiger partial charge in [-0.2, -0.15) is 0 Å². The number of anilines is 1. The van der Waals surface area contributed by atoms with E-state index >= 15 is 0 Å². The number of pyridine rings is 1. The maximum absolute atomic E-state index is 13.9. The van der Waals surface area contributed by atoms with Gasteiger partial charge in [-0.1, -0.05) is 6.42 Å². The molecule has 8 nitrogen and oxygen atoms in total. The van der Waals surface area contributed by atoms with Gasteiger partial charge < -0.3 is 19.9 Å². The average molecular weight is 523 g/mol. The van der Waals surface area contributed by atoms with Crippen LogP contribution in [0.2, 0.25) is 0 Å². The summed E-state index contributed by atoms with van der Waals surface area (Å²) in [5.41, 5.74) is 1.76. The minimum atomic E-state index is -3.88. The smallest absolute Gasteiger partial charge is 0.251 e. The highest BCUT2D eigenvalue weighted by atomic mass is 32.2. The largest absolute Gasteiger partial charge is 0.497 e. The minimum Gasteiger partial charge on any atom is -0.497 e. The Labute approximate surface area is 218 Å². The third-order valence-electron chi connectivity index (χ3n) is 7.64. The Bertz CT molecular complexity index is 1380. The summed E-state index contributed by atoms with van der Waals surface area (Å²) in [6.07, 6.45) is 7.22. The molecule has 0 aliphatic carbocycles. The predicted molar refractivity (Wildman–Crippen MR) is 144 cm³/mol. The highest BCUT2D eigenvalue weighted by Gasteiger charge is 2.31. The molecule has 0 radical (unpaired) electrons. The number of rotatable bonds is 6. The van der Waals surface area contributed by atoms with Gasteiger partial charge in [0.05, 0.1) is 23.2 Å². The number of piperidine rings is 2. The number of hydrogen-bond donors (Lipinski definition) is 1. The zero-order valence-corrected chi connectivity index (χ0v) is 22.3. The van der Waals surface area contributed by atoms with Crippen LogP contribution in [0.25, 0.3) is 10.9 Å². The topological polar surface area (TPSA) is 91.8 Å². The molecule has 0 spiro atoms. The number of methoxy groups -OCH3 is 1. The summed E-state index contributed by atoms with van der Waals surface area (Å²) in [6.45, 7) is 3.79. The summed E-state index contributed by atoms with van der Waals surface area (Å²) in [5, 5.41) is 3.33. The van der Waals surface area contributed by atoms with E-state index in [2.05, 4.69) is 20.1 Å². The molecule has 1 amide bonds. The van der Waals surface area contributed by atoms with Crippen molar-refractivity contribution < 1.29 is 17.9 Å². The van der Waals surface area contributed by atoms with Gasteiger partial charge in [0.1, 0.15) is 10.6 Å². The fourth-order valence-electron chi connectivity index (χ4n) is 5.59. The highest BCUT2D eigenvalue weighted by molar-refractivity contribution is 7.91. The summed E-state index contributed by atoms with van der Waals surface area (Å²) >= 11 is 0. The van der Waals surface area contributed by atoms with Crippen LogP contribution < -0.4 is 15.0 Å². The first-order chi connectivity index (χ1) is 17.9. The van der Waals surface area contributed by atoms with Gasteiger partial charge in [-0.15, -0.1) is 0 Å². The molecule has 196 valence electrons. The molecule has 9 heteroatoms. The lowest BCUT2D eigenvalue weighted by molar-refractivity contribution is 0.0963. The fourth-order valence-corrected chi connectivity index (χ4v) is 7.02. The molecule has 1 N–H and O–H groups in total. The lowest BCUT2D eigenvalue weighted by Crippen LogP contribution is -2.47. The van der Waals surface area contributed by atoms with Gasteiger partial charge in [0, 0.05) is 43.3 Å². The second-order valence-corrected chi connectivity index (χ2v) is 11.7. The lowest BCUT2D eigenvalue weighted by Gasteiger charge is -2.41. The second kappa shape index (κ2) is 10.7. The van der Waals surface area contributed by atoms with Gasteiger partial charge >= 0.3 is 0 Å². The van der Waals surface area contributed by atoms with Crippen molar-refractivity contribution in [2.45, 2.75) is 47.9 Å². The van der Waals surface area contributed by atoms with E-state index < -0.39 is 9.84 Å². The highest BCUT2D eigenvalue weighted by Crippen LogP contribution is 2.38. The van der Waals surface area contributed by atoms with Crippen LogP contribution in [0.5, 0.6) is 5.75 Å². The van der Waals surface area contributed by atoms with E-state index in [1.807, 2.05) is 0 Å². The first-order valence-corrected chi connectivity index (χ1v) is 14.4. The summed E-state index contributed by atoms with van der Waals surface area (Å²) in [7, 11) is -0.746. The number of nitrogens with zero attached hydrogens (tertiary/aromatic N) is 3. The molecule has 2 aromatic carbocycles. The minimum absolute atomic E-state index is 0.163. The molecule has 3 heterocycles. The summed E-state index contributed by atoms with van der Waals surface area (Å²) < 4.78 is 33.1. The average Bonchev–Trinajstić information content (AvgIpc) is 2.96. The number of sulfone groups is 1. The Morgan fingerprint density at radius 2 is 1.70 bits per heavy atom. The van der Waals surface area contributed by atoms with Crippen molar-refractivity contribution in [2.75, 3.05) is 45.2 Å². The van der Waals surface area contributed by atoms with Gasteiger partial charge in [0.25, 0.3) is 5.91 Å². The van der Waals surface area contributed by atoms with E-state index in [-0.39, 0.29) is 15.7 Å². The Kier molecular flexibility index (Phi) is 7.35. The van der Waals surface area contributed by atoms with Crippen LogP contribution in [0.3, 0.4) is 0 Å². The van der Waals surface area contributed by atoms with E-state index in [1.54, 1.807) is 56.6 Å². The SMILES string of the molecule is CNC(=O)c1ccc2ncc(S(=O)(=O)c3ccc(OC)cc3)c(N3CCC(N4CCCCC4)CC3)c2c1. The molecular formula is C28H34N4O4S. The van der Waals surface area contributed by atoms with Gasteiger partial charge in [-0.05, 0) is 81.2 Å². The molecule has 3 aromatic rings. The Hall–Kier alpha value is -3.17. The Morgan fingerprint density at radius 3 is 2.35 bits per heavy atom. The number of ether oxygens (including phenoxy) is 1. The van der Waals surface area contributed by atoms with Crippen LogP contribution >= 0.6 is 0 Å². The first kappa shape index (κ1) is 25.5. The molecule has 37 heavy (non-hydrogen) atoms. The predicted octanol–water partition coefficient (Wildman–Crippen LogP) is 3.89.